The van der Waals surface area contributed by atoms with Gasteiger partial charge in [-0.25, -0.2) is 4.90 Å². The highest BCUT2D eigenvalue weighted by molar-refractivity contribution is 6.33. The molecule has 0 atom stereocenters. The molecular formula is C21H18ClNO3. The van der Waals surface area contributed by atoms with E-state index in [-0.39, 0.29) is 11.8 Å². The van der Waals surface area contributed by atoms with Gasteiger partial charge in [0.1, 0.15) is 12.4 Å². The van der Waals surface area contributed by atoms with Crippen molar-refractivity contribution in [2.75, 3.05) is 4.90 Å². The van der Waals surface area contributed by atoms with Gasteiger partial charge < -0.3 is 4.74 Å². The molecule has 0 N–H and O–H groups in total. The van der Waals surface area contributed by atoms with E-state index < -0.39 is 0 Å². The lowest BCUT2D eigenvalue weighted by Gasteiger charge is -2.19. The number of carbonyl (C=O) groups excluding carboxylic acids is 2. The van der Waals surface area contributed by atoms with Crippen LogP contribution in [0.3, 0.4) is 0 Å². The average molecular weight is 368 g/mol. The van der Waals surface area contributed by atoms with Crippen molar-refractivity contribution in [3.8, 4) is 5.75 Å². The Kier molecular flexibility index (Phi) is 4.51. The zero-order valence-corrected chi connectivity index (χ0v) is 15.0. The molecule has 0 aromatic heterocycles. The van der Waals surface area contributed by atoms with Crippen molar-refractivity contribution < 1.29 is 14.3 Å². The zero-order valence-electron chi connectivity index (χ0n) is 14.2. The van der Waals surface area contributed by atoms with Crippen LogP contribution in [-0.2, 0) is 16.2 Å². The number of ether oxygens (including phenoxy) is 1. The van der Waals surface area contributed by atoms with Crippen LogP contribution in [0.4, 0.5) is 5.69 Å². The van der Waals surface area contributed by atoms with E-state index in [2.05, 4.69) is 0 Å². The molecule has 0 unspecified atom stereocenters. The third-order valence-corrected chi connectivity index (χ3v) is 5.06. The number of amides is 2. The molecule has 2 amide bonds. The third-order valence-electron chi connectivity index (χ3n) is 4.80. The van der Waals surface area contributed by atoms with Crippen molar-refractivity contribution in [1.29, 1.82) is 0 Å². The van der Waals surface area contributed by atoms with Crippen LogP contribution >= 0.6 is 11.6 Å². The number of rotatable bonds is 4. The summed E-state index contributed by atoms with van der Waals surface area (Å²) in [6.07, 6.45) is 3.29. The summed E-state index contributed by atoms with van der Waals surface area (Å²) in [6.45, 7) is 0.331. The topological polar surface area (TPSA) is 46.6 Å². The maximum atomic E-state index is 12.8. The van der Waals surface area contributed by atoms with Crippen LogP contribution in [0.25, 0.3) is 0 Å². The van der Waals surface area contributed by atoms with Gasteiger partial charge in [-0.15, -0.1) is 0 Å². The Hall–Kier alpha value is -2.59. The van der Waals surface area contributed by atoms with Gasteiger partial charge >= 0.3 is 0 Å². The molecular weight excluding hydrogens is 350 g/mol. The van der Waals surface area contributed by atoms with Gasteiger partial charge in [0.05, 0.1) is 5.69 Å². The number of halogens is 1. The first kappa shape index (κ1) is 16.9. The minimum Gasteiger partial charge on any atom is -0.487 e. The summed E-state index contributed by atoms with van der Waals surface area (Å²) in [4.78, 5) is 26.9. The normalized spacial score (nSPS) is 16.9. The zero-order chi connectivity index (χ0) is 18.1. The number of anilines is 1. The SMILES string of the molecule is O=C1C2=C(CCCC2)C(=O)N1c1ccccc1OCc1ccc(Cl)cc1. The van der Waals surface area contributed by atoms with Crippen molar-refractivity contribution in [3.63, 3.8) is 0 Å². The lowest BCUT2D eigenvalue weighted by Crippen LogP contribution is -2.31. The molecule has 2 aliphatic rings. The number of para-hydroxylation sites is 2. The summed E-state index contributed by atoms with van der Waals surface area (Å²) < 4.78 is 5.92. The Morgan fingerprint density at radius 1 is 0.885 bits per heavy atom. The monoisotopic (exact) mass is 367 g/mol. The van der Waals surface area contributed by atoms with Crippen LogP contribution in [0, 0.1) is 0 Å². The number of nitrogens with zero attached hydrogens (tertiary/aromatic N) is 1. The first-order valence-corrected chi connectivity index (χ1v) is 9.10. The third kappa shape index (κ3) is 3.01. The molecule has 132 valence electrons. The second-order valence-corrected chi connectivity index (χ2v) is 6.93. The van der Waals surface area contributed by atoms with Gasteiger partial charge in [0.2, 0.25) is 0 Å². The first-order chi connectivity index (χ1) is 12.6. The Labute approximate surface area is 157 Å². The molecule has 2 aromatic carbocycles. The van der Waals surface area contributed by atoms with E-state index in [1.807, 2.05) is 24.3 Å². The summed E-state index contributed by atoms with van der Waals surface area (Å²) in [6, 6.07) is 14.6. The highest BCUT2D eigenvalue weighted by atomic mass is 35.5. The van der Waals surface area contributed by atoms with Crippen molar-refractivity contribution in [2.45, 2.75) is 32.3 Å². The minimum atomic E-state index is -0.202. The molecule has 5 heteroatoms. The molecule has 0 saturated heterocycles. The molecule has 0 fully saturated rings. The van der Waals surface area contributed by atoms with Crippen LogP contribution in [0.15, 0.2) is 59.7 Å². The van der Waals surface area contributed by atoms with Gasteiger partial charge in [0.25, 0.3) is 11.8 Å². The Morgan fingerprint density at radius 3 is 2.15 bits per heavy atom. The maximum absolute atomic E-state index is 12.8. The summed E-state index contributed by atoms with van der Waals surface area (Å²) in [5.41, 5.74) is 2.81. The van der Waals surface area contributed by atoms with E-state index in [0.29, 0.717) is 47.1 Å². The second-order valence-electron chi connectivity index (χ2n) is 6.49. The highest BCUT2D eigenvalue weighted by Crippen LogP contribution is 2.39. The fraction of sp³-hybridized carbons (Fsp3) is 0.238. The lowest BCUT2D eigenvalue weighted by molar-refractivity contribution is -0.120. The van der Waals surface area contributed by atoms with Crippen LogP contribution < -0.4 is 9.64 Å². The minimum absolute atomic E-state index is 0.202. The van der Waals surface area contributed by atoms with E-state index >= 15 is 0 Å². The fourth-order valence-corrected chi connectivity index (χ4v) is 3.59. The lowest BCUT2D eigenvalue weighted by atomic mass is 9.93. The van der Waals surface area contributed by atoms with Gasteiger partial charge in [-0.1, -0.05) is 35.9 Å². The Morgan fingerprint density at radius 2 is 1.50 bits per heavy atom. The number of hydrogen-bond acceptors (Lipinski definition) is 3. The first-order valence-electron chi connectivity index (χ1n) is 8.72. The molecule has 4 rings (SSSR count). The molecule has 0 radical (unpaired) electrons. The summed E-state index contributed by atoms with van der Waals surface area (Å²) in [5.74, 6) is 0.114. The molecule has 0 bridgehead atoms. The van der Waals surface area contributed by atoms with E-state index in [1.54, 1.807) is 24.3 Å². The Bertz CT molecular complexity index is 874. The molecule has 0 spiro atoms. The average Bonchev–Trinajstić information content (AvgIpc) is 2.93. The van der Waals surface area contributed by atoms with Crippen LogP contribution in [-0.4, -0.2) is 11.8 Å². The predicted octanol–water partition coefficient (Wildman–Crippen LogP) is 4.66. The highest BCUT2D eigenvalue weighted by Gasteiger charge is 2.40. The van der Waals surface area contributed by atoms with Gasteiger partial charge in [-0.2, -0.15) is 0 Å². The summed E-state index contributed by atoms with van der Waals surface area (Å²) in [5, 5.41) is 0.666. The van der Waals surface area contributed by atoms with Crippen molar-refractivity contribution in [1.82, 2.24) is 0 Å². The molecule has 26 heavy (non-hydrogen) atoms. The summed E-state index contributed by atoms with van der Waals surface area (Å²) in [7, 11) is 0. The van der Waals surface area contributed by atoms with Crippen molar-refractivity contribution in [2.24, 2.45) is 0 Å². The van der Waals surface area contributed by atoms with E-state index in [1.165, 1.54) is 4.90 Å². The molecule has 1 aliphatic carbocycles. The summed E-state index contributed by atoms with van der Waals surface area (Å²) >= 11 is 5.91. The maximum Gasteiger partial charge on any atom is 0.261 e. The van der Waals surface area contributed by atoms with E-state index in [4.69, 9.17) is 16.3 Å². The van der Waals surface area contributed by atoms with Gasteiger partial charge in [0.15, 0.2) is 0 Å². The number of benzene rings is 2. The van der Waals surface area contributed by atoms with Crippen molar-refractivity contribution >= 4 is 29.1 Å². The van der Waals surface area contributed by atoms with Gasteiger partial charge in [-0.3, -0.25) is 9.59 Å². The van der Waals surface area contributed by atoms with Crippen LogP contribution in [0.5, 0.6) is 5.75 Å². The van der Waals surface area contributed by atoms with Crippen molar-refractivity contribution in [3.05, 3.63) is 70.3 Å². The predicted molar refractivity (Wildman–Crippen MR) is 100 cm³/mol. The number of carbonyl (C=O) groups is 2. The van der Waals surface area contributed by atoms with Gasteiger partial charge in [-0.05, 0) is 55.5 Å². The quantitative estimate of drug-likeness (QED) is 0.738. The van der Waals surface area contributed by atoms with E-state index in [9.17, 15) is 9.59 Å². The molecule has 1 aliphatic heterocycles. The standard InChI is InChI=1S/C21H18ClNO3/c22-15-11-9-14(10-12-15)13-26-19-8-4-3-7-18(19)23-20(24)16-5-1-2-6-17(16)21(23)25/h3-4,7-12H,1-2,5-6,13H2. The number of imide groups is 1. The number of hydrogen-bond donors (Lipinski definition) is 0. The van der Waals surface area contributed by atoms with Gasteiger partial charge in [0, 0.05) is 16.2 Å². The molecule has 4 nitrogen and oxygen atoms in total. The Balaban J connectivity index is 1.59. The van der Waals surface area contributed by atoms with E-state index in [0.717, 1.165) is 18.4 Å². The second kappa shape index (κ2) is 6.96. The molecule has 1 heterocycles. The smallest absolute Gasteiger partial charge is 0.261 e. The largest absolute Gasteiger partial charge is 0.487 e. The fourth-order valence-electron chi connectivity index (χ4n) is 3.46. The van der Waals surface area contributed by atoms with Crippen LogP contribution in [0.2, 0.25) is 5.02 Å². The molecule has 0 saturated carbocycles. The van der Waals surface area contributed by atoms with Crippen LogP contribution in [0.1, 0.15) is 31.2 Å². The molecule has 2 aromatic rings.